The number of para-hydroxylation sites is 1. The van der Waals surface area contributed by atoms with Crippen molar-refractivity contribution in [1.29, 1.82) is 0 Å². The van der Waals surface area contributed by atoms with Crippen molar-refractivity contribution in [2.24, 2.45) is 0 Å². The predicted molar refractivity (Wildman–Crippen MR) is 59.3 cm³/mol. The van der Waals surface area contributed by atoms with Crippen LogP contribution < -0.4 is 9.61 Å². The molecular formula is C10H13NO4P+. The molecule has 2 atom stereocenters. The second-order valence-electron chi connectivity index (χ2n) is 3.04. The Morgan fingerprint density at radius 2 is 2.00 bits per heavy atom. The normalized spacial score (nSPS) is 12.8. The molecule has 1 rings (SSSR count). The van der Waals surface area contributed by atoms with Crippen LogP contribution in [-0.2, 0) is 14.1 Å². The maximum atomic E-state index is 11.5. The Morgan fingerprint density at radius 3 is 2.56 bits per heavy atom. The van der Waals surface area contributed by atoms with E-state index in [1.54, 1.807) is 31.2 Å². The molecular weight excluding hydrogens is 229 g/mol. The van der Waals surface area contributed by atoms with E-state index in [1.807, 2.05) is 6.07 Å². The van der Waals surface area contributed by atoms with Gasteiger partial charge in [-0.1, -0.05) is 23.3 Å². The van der Waals surface area contributed by atoms with Crippen molar-refractivity contribution in [3.63, 3.8) is 0 Å². The molecule has 0 aliphatic rings. The summed E-state index contributed by atoms with van der Waals surface area (Å²) < 4.78 is 21.0. The van der Waals surface area contributed by atoms with Crippen LogP contribution in [0.15, 0.2) is 30.3 Å². The van der Waals surface area contributed by atoms with Crippen LogP contribution in [0, 0.1) is 0 Å². The fourth-order valence-corrected chi connectivity index (χ4v) is 1.78. The third-order valence-corrected chi connectivity index (χ3v) is 2.76. The lowest BCUT2D eigenvalue weighted by Crippen LogP contribution is -2.30. The van der Waals surface area contributed by atoms with Gasteiger partial charge in [-0.05, 0) is 19.1 Å². The lowest BCUT2D eigenvalue weighted by molar-refractivity contribution is -0.142. The molecule has 0 aliphatic heterocycles. The van der Waals surface area contributed by atoms with E-state index in [2.05, 4.69) is 9.82 Å². The predicted octanol–water partition coefficient (Wildman–Crippen LogP) is 1.87. The van der Waals surface area contributed by atoms with E-state index in [0.29, 0.717) is 5.75 Å². The molecule has 0 aliphatic carbocycles. The van der Waals surface area contributed by atoms with Crippen molar-refractivity contribution >= 4 is 14.1 Å². The molecule has 2 unspecified atom stereocenters. The van der Waals surface area contributed by atoms with Crippen molar-refractivity contribution in [3.8, 4) is 5.75 Å². The first-order valence-electron chi connectivity index (χ1n) is 4.67. The molecule has 0 aromatic heterocycles. The first-order chi connectivity index (χ1) is 7.63. The minimum atomic E-state index is -2.14. The Balaban J connectivity index is 2.45. The van der Waals surface area contributed by atoms with E-state index < -0.39 is 20.2 Å². The molecule has 1 N–H and O–H groups in total. The van der Waals surface area contributed by atoms with E-state index in [1.165, 1.54) is 7.11 Å². The van der Waals surface area contributed by atoms with Gasteiger partial charge in [0.25, 0.3) is 0 Å². The van der Waals surface area contributed by atoms with Crippen molar-refractivity contribution in [1.82, 2.24) is 5.09 Å². The van der Waals surface area contributed by atoms with E-state index in [-0.39, 0.29) is 0 Å². The van der Waals surface area contributed by atoms with Gasteiger partial charge in [-0.3, -0.25) is 4.79 Å². The van der Waals surface area contributed by atoms with Gasteiger partial charge in [-0.25, -0.2) is 4.52 Å². The number of methoxy groups -OCH3 is 1. The zero-order valence-electron chi connectivity index (χ0n) is 9.04. The molecule has 1 aromatic carbocycles. The number of benzene rings is 1. The van der Waals surface area contributed by atoms with Gasteiger partial charge in [-0.15, -0.1) is 0 Å². The van der Waals surface area contributed by atoms with Gasteiger partial charge in [0.2, 0.25) is 0 Å². The third-order valence-electron chi connectivity index (χ3n) is 1.79. The molecule has 16 heavy (non-hydrogen) atoms. The Hall–Kier alpha value is -1.45. The summed E-state index contributed by atoms with van der Waals surface area (Å²) in [5.41, 5.74) is 0. The van der Waals surface area contributed by atoms with Gasteiger partial charge in [0.15, 0.2) is 5.75 Å². The van der Waals surface area contributed by atoms with Crippen LogP contribution in [-0.4, -0.2) is 19.1 Å². The molecule has 0 saturated carbocycles. The van der Waals surface area contributed by atoms with Crippen LogP contribution in [0.1, 0.15) is 6.92 Å². The van der Waals surface area contributed by atoms with Crippen molar-refractivity contribution < 1.29 is 18.6 Å². The molecule has 0 heterocycles. The zero-order chi connectivity index (χ0) is 12.0. The molecule has 5 nitrogen and oxygen atoms in total. The summed E-state index contributed by atoms with van der Waals surface area (Å²) in [6.07, 6.45) is 0. The van der Waals surface area contributed by atoms with Gasteiger partial charge in [0.1, 0.15) is 6.04 Å². The molecule has 0 bridgehead atoms. The summed E-state index contributed by atoms with van der Waals surface area (Å²) >= 11 is 0. The van der Waals surface area contributed by atoms with E-state index in [9.17, 15) is 9.36 Å². The number of hydrogen-bond acceptors (Lipinski definition) is 4. The molecule has 0 amide bonds. The van der Waals surface area contributed by atoms with Gasteiger partial charge >= 0.3 is 14.1 Å². The summed E-state index contributed by atoms with van der Waals surface area (Å²) in [5, 5.41) is 2.49. The standard InChI is InChI=1S/C10H13NO4P/c1-8(10(12)14-2)11-16(13)15-9-6-4-3-5-7-9/h3-8H,1-2H3,(H,11,13)/q+1. The first kappa shape index (κ1) is 12.6. The highest BCUT2D eigenvalue weighted by atomic mass is 31.1. The maximum absolute atomic E-state index is 11.5. The second-order valence-corrected chi connectivity index (χ2v) is 3.99. The molecule has 0 radical (unpaired) electrons. The van der Waals surface area contributed by atoms with Gasteiger partial charge < -0.3 is 4.74 Å². The Morgan fingerprint density at radius 1 is 1.38 bits per heavy atom. The van der Waals surface area contributed by atoms with E-state index >= 15 is 0 Å². The average Bonchev–Trinajstić information content (AvgIpc) is 2.29. The third kappa shape index (κ3) is 3.96. The summed E-state index contributed by atoms with van der Waals surface area (Å²) in [4.78, 5) is 11.0. The number of nitrogens with one attached hydrogen (secondary N) is 1. The van der Waals surface area contributed by atoms with Crippen LogP contribution in [0.4, 0.5) is 0 Å². The van der Waals surface area contributed by atoms with Crippen molar-refractivity contribution in [2.45, 2.75) is 13.0 Å². The first-order valence-corrected chi connectivity index (χ1v) is 5.85. The Kier molecular flexibility index (Phi) is 4.89. The van der Waals surface area contributed by atoms with Crippen LogP contribution in [0.5, 0.6) is 5.75 Å². The van der Waals surface area contributed by atoms with E-state index in [4.69, 9.17) is 4.52 Å². The number of carbonyl (C=O) groups excluding carboxylic acids is 1. The largest absolute Gasteiger partial charge is 0.664 e. The average molecular weight is 242 g/mol. The molecule has 0 fully saturated rings. The highest BCUT2D eigenvalue weighted by Crippen LogP contribution is 2.23. The number of carbonyl (C=O) groups is 1. The summed E-state index contributed by atoms with van der Waals surface area (Å²) in [5.74, 6) is -0.00631. The molecule has 1 aromatic rings. The lowest BCUT2D eigenvalue weighted by Gasteiger charge is -2.02. The van der Waals surface area contributed by atoms with Crippen LogP contribution in [0.3, 0.4) is 0 Å². The number of ether oxygens (including phenoxy) is 1. The van der Waals surface area contributed by atoms with Gasteiger partial charge in [0, 0.05) is 4.57 Å². The number of esters is 1. The second kappa shape index (κ2) is 6.20. The fourth-order valence-electron chi connectivity index (χ4n) is 0.991. The summed E-state index contributed by atoms with van der Waals surface area (Å²) in [7, 11) is -0.866. The minimum Gasteiger partial charge on any atom is -0.468 e. The number of rotatable bonds is 5. The summed E-state index contributed by atoms with van der Waals surface area (Å²) in [6, 6.07) is 8.04. The SMILES string of the molecule is COC(=O)C(C)N[P+](=O)Oc1ccccc1. The minimum absolute atomic E-state index is 0.480. The highest BCUT2D eigenvalue weighted by Gasteiger charge is 2.27. The monoisotopic (exact) mass is 242 g/mol. The van der Waals surface area contributed by atoms with Gasteiger partial charge in [-0.2, -0.15) is 0 Å². The zero-order valence-corrected chi connectivity index (χ0v) is 9.94. The van der Waals surface area contributed by atoms with E-state index in [0.717, 1.165) is 0 Å². The molecule has 6 heteroatoms. The molecule has 86 valence electrons. The van der Waals surface area contributed by atoms with Crippen LogP contribution in [0.25, 0.3) is 0 Å². The summed E-state index contributed by atoms with van der Waals surface area (Å²) in [6.45, 7) is 1.55. The topological polar surface area (TPSA) is 64.6 Å². The lowest BCUT2D eigenvalue weighted by atomic mass is 10.3. The van der Waals surface area contributed by atoms with Crippen molar-refractivity contribution in [2.75, 3.05) is 7.11 Å². The molecule has 0 saturated heterocycles. The highest BCUT2D eigenvalue weighted by molar-refractivity contribution is 7.37. The Bertz CT molecular complexity index is 368. The number of hydrogen-bond donors (Lipinski definition) is 1. The molecule has 0 spiro atoms. The van der Waals surface area contributed by atoms with Crippen LogP contribution in [0.2, 0.25) is 0 Å². The smallest absolute Gasteiger partial charge is 0.468 e. The van der Waals surface area contributed by atoms with Crippen LogP contribution >= 0.6 is 8.18 Å². The van der Waals surface area contributed by atoms with Crippen molar-refractivity contribution in [3.05, 3.63) is 30.3 Å². The quantitative estimate of drug-likeness (QED) is 0.630. The fraction of sp³-hybridized carbons (Fsp3) is 0.300. The maximum Gasteiger partial charge on any atom is 0.664 e. The van der Waals surface area contributed by atoms with Gasteiger partial charge in [0.05, 0.1) is 7.11 Å². The Labute approximate surface area is 94.7 Å².